The summed E-state index contributed by atoms with van der Waals surface area (Å²) >= 11 is 0. The minimum absolute atomic E-state index is 0.0533. The second-order valence-corrected chi connectivity index (χ2v) is 13.8. The lowest BCUT2D eigenvalue weighted by Crippen LogP contribution is -2.50. The van der Waals surface area contributed by atoms with E-state index in [-0.39, 0.29) is 36.2 Å². The molecule has 2 unspecified atom stereocenters. The molecular weight excluding hydrogens is 594 g/mol. The van der Waals surface area contributed by atoms with Crippen LogP contribution in [0.1, 0.15) is 155 Å². The van der Waals surface area contributed by atoms with Crippen LogP contribution in [0.25, 0.3) is 0 Å². The number of esters is 2. The molecule has 0 aliphatic heterocycles. The van der Waals surface area contributed by atoms with E-state index < -0.39 is 18.1 Å². The predicted molar refractivity (Wildman–Crippen MR) is 192 cm³/mol. The first-order valence-corrected chi connectivity index (χ1v) is 18.9. The summed E-state index contributed by atoms with van der Waals surface area (Å²) in [5.41, 5.74) is 0. The lowest BCUT2D eigenvalue weighted by Gasteiger charge is -2.31. The Balaban J connectivity index is 4.28. The Labute approximate surface area is 288 Å². The van der Waals surface area contributed by atoms with Crippen molar-refractivity contribution in [3.8, 4) is 0 Å². The van der Waals surface area contributed by atoms with Crippen LogP contribution in [0.5, 0.6) is 0 Å². The summed E-state index contributed by atoms with van der Waals surface area (Å²) < 4.78 is 17.1. The van der Waals surface area contributed by atoms with Gasteiger partial charge in [0.15, 0.2) is 12.1 Å². The monoisotopic (exact) mass is 667 g/mol. The molecule has 47 heavy (non-hydrogen) atoms. The molecule has 0 aromatic carbocycles. The molecule has 0 aromatic heterocycles. The van der Waals surface area contributed by atoms with Gasteiger partial charge < -0.3 is 23.8 Å². The van der Waals surface area contributed by atoms with Crippen molar-refractivity contribution >= 4 is 17.9 Å². The van der Waals surface area contributed by atoms with Crippen LogP contribution in [-0.2, 0) is 28.6 Å². The number of carbonyl (C=O) groups is 3. The number of carbonyl (C=O) groups excluding carboxylic acids is 2. The van der Waals surface area contributed by atoms with Gasteiger partial charge in [-0.2, -0.15) is 0 Å². The van der Waals surface area contributed by atoms with Crippen LogP contribution in [0.15, 0.2) is 24.3 Å². The zero-order valence-electron chi connectivity index (χ0n) is 31.0. The summed E-state index contributed by atoms with van der Waals surface area (Å²) in [5.74, 6) is -1.49. The molecule has 0 fully saturated rings. The van der Waals surface area contributed by atoms with Crippen LogP contribution in [0.3, 0.4) is 0 Å². The molecule has 0 amide bonds. The van der Waals surface area contributed by atoms with E-state index >= 15 is 0 Å². The van der Waals surface area contributed by atoms with Crippen molar-refractivity contribution in [3.63, 3.8) is 0 Å². The molecule has 0 radical (unpaired) electrons. The zero-order chi connectivity index (χ0) is 35.0. The summed E-state index contributed by atoms with van der Waals surface area (Å²) in [6, 6.07) is -0.611. The average molecular weight is 667 g/mol. The number of rotatable bonds is 33. The summed E-state index contributed by atoms with van der Waals surface area (Å²) in [6.07, 6.45) is 31.1. The van der Waals surface area contributed by atoms with E-state index in [1.165, 1.54) is 57.8 Å². The van der Waals surface area contributed by atoms with Gasteiger partial charge in [0.1, 0.15) is 6.61 Å². The summed E-state index contributed by atoms with van der Waals surface area (Å²) in [6.45, 7) is 4.61. The van der Waals surface area contributed by atoms with Gasteiger partial charge >= 0.3 is 17.9 Å². The molecule has 8 nitrogen and oxygen atoms in total. The van der Waals surface area contributed by atoms with Gasteiger partial charge in [-0.15, -0.1) is 0 Å². The number of hydrogen-bond acceptors (Lipinski definition) is 6. The SMILES string of the molecule is CCCCCC/C=C\C/C=C\CCCCCCCCCC(=O)OC(COCCC(C(=O)O)[N+](C)(C)C)COC(=O)CCCCCCC. The number of unbranched alkanes of at least 4 members (excludes halogenated alkanes) is 15. The fourth-order valence-corrected chi connectivity index (χ4v) is 5.35. The Morgan fingerprint density at radius 2 is 1.13 bits per heavy atom. The van der Waals surface area contributed by atoms with Gasteiger partial charge in [-0.25, -0.2) is 4.79 Å². The molecule has 0 bridgehead atoms. The van der Waals surface area contributed by atoms with Crippen LogP contribution in [0.4, 0.5) is 0 Å². The Bertz CT molecular complexity index is 834. The first kappa shape index (κ1) is 44.8. The summed E-state index contributed by atoms with van der Waals surface area (Å²) in [4.78, 5) is 36.5. The minimum atomic E-state index is -0.878. The maximum Gasteiger partial charge on any atom is 0.362 e. The van der Waals surface area contributed by atoms with Gasteiger partial charge in [0.2, 0.25) is 0 Å². The number of carboxylic acid groups (broad SMARTS) is 1. The highest BCUT2D eigenvalue weighted by Crippen LogP contribution is 2.13. The number of nitrogens with zero attached hydrogens (tertiary/aromatic N) is 1. The second-order valence-electron chi connectivity index (χ2n) is 13.8. The fourth-order valence-electron chi connectivity index (χ4n) is 5.35. The van der Waals surface area contributed by atoms with Crippen molar-refractivity contribution in [3.05, 3.63) is 24.3 Å². The molecular formula is C39H72NO7+. The van der Waals surface area contributed by atoms with Crippen LogP contribution in [0.2, 0.25) is 0 Å². The Kier molecular flexibility index (Phi) is 29.7. The minimum Gasteiger partial charge on any atom is -0.477 e. The smallest absolute Gasteiger partial charge is 0.362 e. The van der Waals surface area contributed by atoms with E-state index in [1.807, 2.05) is 21.1 Å². The Hall–Kier alpha value is -2.19. The number of quaternary nitrogens is 1. The van der Waals surface area contributed by atoms with Gasteiger partial charge in [-0.1, -0.05) is 115 Å². The highest BCUT2D eigenvalue weighted by Gasteiger charge is 2.31. The fraction of sp³-hybridized carbons (Fsp3) is 0.821. The van der Waals surface area contributed by atoms with Crippen molar-refractivity contribution in [1.29, 1.82) is 0 Å². The lowest BCUT2D eigenvalue weighted by molar-refractivity contribution is -0.887. The van der Waals surface area contributed by atoms with Crippen LogP contribution in [0, 0.1) is 0 Å². The third-order valence-electron chi connectivity index (χ3n) is 8.35. The maximum atomic E-state index is 12.6. The Morgan fingerprint density at radius 3 is 1.66 bits per heavy atom. The van der Waals surface area contributed by atoms with Crippen molar-refractivity contribution < 1.29 is 38.2 Å². The van der Waals surface area contributed by atoms with Gasteiger partial charge in [-0.3, -0.25) is 9.59 Å². The topological polar surface area (TPSA) is 99.1 Å². The van der Waals surface area contributed by atoms with Crippen molar-refractivity contribution in [1.82, 2.24) is 0 Å². The molecule has 0 spiro atoms. The van der Waals surface area contributed by atoms with Crippen molar-refractivity contribution in [2.24, 2.45) is 0 Å². The summed E-state index contributed by atoms with van der Waals surface area (Å²) in [5, 5.41) is 9.55. The van der Waals surface area contributed by atoms with Gasteiger partial charge in [0, 0.05) is 19.3 Å². The Morgan fingerprint density at radius 1 is 0.638 bits per heavy atom. The molecule has 0 saturated carbocycles. The van der Waals surface area contributed by atoms with Gasteiger partial charge in [-0.05, 0) is 44.9 Å². The lowest BCUT2D eigenvalue weighted by atomic mass is 10.1. The molecule has 0 saturated heterocycles. The van der Waals surface area contributed by atoms with Crippen LogP contribution >= 0.6 is 0 Å². The van der Waals surface area contributed by atoms with Crippen molar-refractivity contribution in [2.75, 3.05) is 41.0 Å². The molecule has 8 heteroatoms. The third-order valence-corrected chi connectivity index (χ3v) is 8.35. The largest absolute Gasteiger partial charge is 0.477 e. The molecule has 0 rings (SSSR count). The molecule has 0 heterocycles. The van der Waals surface area contributed by atoms with E-state index in [0.717, 1.165) is 64.2 Å². The molecule has 0 aliphatic carbocycles. The van der Waals surface area contributed by atoms with Crippen LogP contribution < -0.4 is 0 Å². The van der Waals surface area contributed by atoms with E-state index in [1.54, 1.807) is 0 Å². The predicted octanol–water partition coefficient (Wildman–Crippen LogP) is 9.35. The van der Waals surface area contributed by atoms with E-state index in [4.69, 9.17) is 14.2 Å². The average Bonchev–Trinajstić information content (AvgIpc) is 3.01. The quantitative estimate of drug-likeness (QED) is 0.0322. The van der Waals surface area contributed by atoms with Crippen LogP contribution in [-0.4, -0.2) is 80.6 Å². The second kappa shape index (κ2) is 31.1. The zero-order valence-corrected chi connectivity index (χ0v) is 31.0. The first-order valence-electron chi connectivity index (χ1n) is 18.9. The molecule has 0 aromatic rings. The number of ether oxygens (including phenoxy) is 3. The number of allylic oxidation sites excluding steroid dienone is 4. The summed E-state index contributed by atoms with van der Waals surface area (Å²) in [7, 11) is 5.50. The number of carboxylic acids is 1. The van der Waals surface area contributed by atoms with E-state index in [0.29, 0.717) is 19.3 Å². The highest BCUT2D eigenvalue weighted by atomic mass is 16.6. The van der Waals surface area contributed by atoms with Gasteiger partial charge in [0.25, 0.3) is 0 Å². The first-order chi connectivity index (χ1) is 22.6. The molecule has 2 atom stereocenters. The standard InChI is InChI=1S/C39H71NO7/c1-6-8-10-12-13-14-15-16-17-18-19-20-21-22-23-24-26-28-30-38(42)47-35(34-46-37(41)29-27-25-11-9-7-2)33-45-32-31-36(39(43)44)40(3,4)5/h14-15,17-18,35-36H,6-13,16,19-34H2,1-5H3/p+1/b15-14-,18-17-. The normalized spacial score (nSPS) is 13.3. The number of aliphatic carboxylic acids is 1. The maximum absolute atomic E-state index is 12.6. The molecule has 274 valence electrons. The van der Waals surface area contributed by atoms with Gasteiger partial charge in [0.05, 0.1) is 34.4 Å². The van der Waals surface area contributed by atoms with Crippen molar-refractivity contribution in [2.45, 2.75) is 167 Å². The number of likely N-dealkylation sites (N-methyl/N-ethyl adjacent to an activating group) is 1. The third kappa shape index (κ3) is 29.7. The van der Waals surface area contributed by atoms with E-state index in [2.05, 4.69) is 38.2 Å². The number of hydrogen-bond donors (Lipinski definition) is 1. The van der Waals surface area contributed by atoms with E-state index in [9.17, 15) is 19.5 Å². The molecule has 0 aliphatic rings. The highest BCUT2D eigenvalue weighted by molar-refractivity contribution is 5.72. The molecule has 1 N–H and O–H groups in total.